The van der Waals surface area contributed by atoms with Crippen LogP contribution in [0.25, 0.3) is 11.0 Å². The molecular weight excluding hydrogens is 380 g/mol. The van der Waals surface area contributed by atoms with Gasteiger partial charge in [-0.2, -0.15) is 0 Å². The van der Waals surface area contributed by atoms with Gasteiger partial charge in [-0.1, -0.05) is 32.1 Å². The fourth-order valence-electron chi connectivity index (χ4n) is 3.14. The largest absolute Gasteiger partial charge is 0.496 e. The fraction of sp³-hybridized carbons (Fsp3) is 0.250. The predicted molar refractivity (Wildman–Crippen MR) is 119 cm³/mol. The van der Waals surface area contributed by atoms with Gasteiger partial charge in [0.15, 0.2) is 0 Å². The molecule has 0 unspecified atom stereocenters. The zero-order chi connectivity index (χ0) is 21.7. The maximum atomic E-state index is 12.7. The molecule has 1 aromatic heterocycles. The first-order valence-electron chi connectivity index (χ1n) is 9.81. The van der Waals surface area contributed by atoms with Gasteiger partial charge < -0.3 is 19.8 Å². The molecule has 1 amide bonds. The molecule has 0 aliphatic heterocycles. The number of rotatable bonds is 8. The summed E-state index contributed by atoms with van der Waals surface area (Å²) in [6.45, 7) is 8.65. The van der Waals surface area contributed by atoms with Gasteiger partial charge in [0, 0.05) is 29.2 Å². The molecule has 1 heterocycles. The molecule has 2 aromatic carbocycles. The zero-order valence-electron chi connectivity index (χ0n) is 17.5. The van der Waals surface area contributed by atoms with Gasteiger partial charge in [0.2, 0.25) is 0 Å². The molecule has 0 aliphatic rings. The van der Waals surface area contributed by atoms with E-state index in [2.05, 4.69) is 31.1 Å². The molecule has 6 nitrogen and oxygen atoms in total. The number of hydrogen-bond acceptors (Lipinski definition) is 5. The van der Waals surface area contributed by atoms with E-state index in [4.69, 9.17) is 9.15 Å². The summed E-state index contributed by atoms with van der Waals surface area (Å²) in [4.78, 5) is 25.2. The Balaban J connectivity index is 1.85. The maximum Gasteiger partial charge on any atom is 0.349 e. The van der Waals surface area contributed by atoms with Crippen LogP contribution < -0.4 is 21.0 Å². The van der Waals surface area contributed by atoms with E-state index in [1.807, 2.05) is 24.3 Å². The third kappa shape index (κ3) is 4.78. The van der Waals surface area contributed by atoms with Crippen LogP contribution in [0.2, 0.25) is 0 Å². The Bertz CT molecular complexity index is 1110. The molecule has 0 atom stereocenters. The third-order valence-corrected chi connectivity index (χ3v) is 4.70. The lowest BCUT2D eigenvalue weighted by atomic mass is 10.1. The van der Waals surface area contributed by atoms with Crippen LogP contribution in [0.4, 0.5) is 5.69 Å². The van der Waals surface area contributed by atoms with Crippen LogP contribution >= 0.6 is 0 Å². The van der Waals surface area contributed by atoms with Crippen LogP contribution in [0.1, 0.15) is 35.3 Å². The van der Waals surface area contributed by atoms with Crippen molar-refractivity contribution in [3.63, 3.8) is 0 Å². The van der Waals surface area contributed by atoms with Crippen molar-refractivity contribution in [2.75, 3.05) is 12.4 Å². The molecule has 0 spiro atoms. The van der Waals surface area contributed by atoms with Crippen molar-refractivity contribution in [1.29, 1.82) is 0 Å². The summed E-state index contributed by atoms with van der Waals surface area (Å²) in [5, 5.41) is 6.74. The highest BCUT2D eigenvalue weighted by molar-refractivity contribution is 6.05. The third-order valence-electron chi connectivity index (χ3n) is 4.70. The maximum absolute atomic E-state index is 12.7. The number of allylic oxidation sites excluding steroid dienone is 1. The van der Waals surface area contributed by atoms with Crippen LogP contribution in [0.3, 0.4) is 0 Å². The minimum atomic E-state index is -0.698. The Morgan fingerprint density at radius 2 is 1.93 bits per heavy atom. The molecule has 0 radical (unpaired) electrons. The van der Waals surface area contributed by atoms with E-state index in [-0.39, 0.29) is 5.56 Å². The van der Waals surface area contributed by atoms with Crippen LogP contribution in [0.5, 0.6) is 5.75 Å². The number of fused-ring (bicyclic) bond motifs is 1. The van der Waals surface area contributed by atoms with Crippen molar-refractivity contribution in [2.24, 2.45) is 0 Å². The average Bonchev–Trinajstić information content (AvgIpc) is 2.73. The SMILES string of the molecule is C=CCc1c(OC)ccc2cc(C(=O)Nc3ccc(CNC(C)C)cc3)c(=O)oc12. The van der Waals surface area contributed by atoms with Crippen molar-refractivity contribution in [2.45, 2.75) is 32.9 Å². The highest BCUT2D eigenvalue weighted by Gasteiger charge is 2.17. The molecule has 3 aromatic rings. The van der Waals surface area contributed by atoms with Gasteiger partial charge in [0.1, 0.15) is 16.9 Å². The number of carbonyl (C=O) groups excluding carboxylic acids is 1. The van der Waals surface area contributed by atoms with Gasteiger partial charge in [-0.25, -0.2) is 4.79 Å². The first-order chi connectivity index (χ1) is 14.4. The van der Waals surface area contributed by atoms with Crippen molar-refractivity contribution in [3.05, 3.63) is 82.2 Å². The monoisotopic (exact) mass is 406 g/mol. The van der Waals surface area contributed by atoms with E-state index in [1.54, 1.807) is 31.4 Å². The topological polar surface area (TPSA) is 80.6 Å². The van der Waals surface area contributed by atoms with Gasteiger partial charge in [0.05, 0.1) is 7.11 Å². The number of nitrogens with one attached hydrogen (secondary N) is 2. The van der Waals surface area contributed by atoms with Gasteiger partial charge >= 0.3 is 5.63 Å². The fourth-order valence-corrected chi connectivity index (χ4v) is 3.14. The van der Waals surface area contributed by atoms with Crippen molar-refractivity contribution in [1.82, 2.24) is 5.32 Å². The Morgan fingerprint density at radius 1 is 1.20 bits per heavy atom. The lowest BCUT2D eigenvalue weighted by Crippen LogP contribution is -2.22. The smallest absolute Gasteiger partial charge is 0.349 e. The van der Waals surface area contributed by atoms with Crippen molar-refractivity contribution >= 4 is 22.6 Å². The first kappa shape index (κ1) is 21.3. The van der Waals surface area contributed by atoms with Gasteiger partial charge in [0.25, 0.3) is 5.91 Å². The first-order valence-corrected chi connectivity index (χ1v) is 9.81. The second-order valence-electron chi connectivity index (χ2n) is 7.29. The summed E-state index contributed by atoms with van der Waals surface area (Å²) in [7, 11) is 1.55. The number of anilines is 1. The molecule has 2 N–H and O–H groups in total. The van der Waals surface area contributed by atoms with Crippen LogP contribution in [-0.2, 0) is 13.0 Å². The Morgan fingerprint density at radius 3 is 2.57 bits per heavy atom. The van der Waals surface area contributed by atoms with Crippen LogP contribution in [0, 0.1) is 0 Å². The number of hydrogen-bond donors (Lipinski definition) is 2. The van der Waals surface area contributed by atoms with E-state index in [0.29, 0.717) is 34.9 Å². The van der Waals surface area contributed by atoms with Gasteiger partial charge in [-0.05, 0) is 42.3 Å². The second-order valence-corrected chi connectivity index (χ2v) is 7.29. The molecule has 30 heavy (non-hydrogen) atoms. The number of benzene rings is 2. The zero-order valence-corrected chi connectivity index (χ0v) is 17.5. The Hall–Kier alpha value is -3.38. The summed E-state index contributed by atoms with van der Waals surface area (Å²) in [5.41, 5.74) is 2.09. The molecule has 0 saturated carbocycles. The summed E-state index contributed by atoms with van der Waals surface area (Å²) in [6.07, 6.45) is 2.19. The van der Waals surface area contributed by atoms with E-state index in [9.17, 15) is 9.59 Å². The Labute approximate surface area is 175 Å². The summed E-state index contributed by atoms with van der Waals surface area (Å²) < 4.78 is 10.8. The molecule has 0 saturated heterocycles. The number of carbonyl (C=O) groups is 1. The molecular formula is C24H26N2O4. The van der Waals surface area contributed by atoms with Crippen LogP contribution in [0.15, 0.2) is 64.3 Å². The highest BCUT2D eigenvalue weighted by atomic mass is 16.5. The van der Waals surface area contributed by atoms with Gasteiger partial charge in [-0.15, -0.1) is 6.58 Å². The lowest BCUT2D eigenvalue weighted by molar-refractivity contribution is 0.102. The average molecular weight is 406 g/mol. The quantitative estimate of drug-likeness (QED) is 0.431. The number of ether oxygens (including phenoxy) is 1. The van der Waals surface area contributed by atoms with E-state index in [0.717, 1.165) is 17.7 Å². The normalized spacial score (nSPS) is 10.9. The van der Waals surface area contributed by atoms with E-state index < -0.39 is 11.5 Å². The standard InChI is InChI=1S/C24H26N2O4/c1-5-6-19-21(29-4)12-9-17-13-20(24(28)30-22(17)19)23(27)26-18-10-7-16(8-11-18)14-25-15(2)3/h5,7-13,15,25H,1,6,14H2,2-4H3,(H,26,27). The minimum absolute atomic E-state index is 0.0530. The molecule has 0 fully saturated rings. The van der Waals surface area contributed by atoms with E-state index in [1.165, 1.54) is 0 Å². The van der Waals surface area contributed by atoms with Crippen molar-refractivity contribution < 1.29 is 13.9 Å². The molecule has 156 valence electrons. The summed E-state index contributed by atoms with van der Waals surface area (Å²) >= 11 is 0. The molecule has 0 bridgehead atoms. The Kier molecular flexibility index (Phi) is 6.69. The number of amides is 1. The molecule has 3 rings (SSSR count). The van der Waals surface area contributed by atoms with Gasteiger partial charge in [-0.3, -0.25) is 4.79 Å². The molecule has 0 aliphatic carbocycles. The van der Waals surface area contributed by atoms with Crippen LogP contribution in [-0.4, -0.2) is 19.1 Å². The van der Waals surface area contributed by atoms with Crippen molar-refractivity contribution in [3.8, 4) is 5.75 Å². The predicted octanol–water partition coefficient (Wildman–Crippen LogP) is 4.28. The highest BCUT2D eigenvalue weighted by Crippen LogP contribution is 2.28. The summed E-state index contributed by atoms with van der Waals surface area (Å²) in [5.74, 6) is 0.0922. The van der Waals surface area contributed by atoms with E-state index >= 15 is 0 Å². The summed E-state index contributed by atoms with van der Waals surface area (Å²) in [6, 6.07) is 13.0. The minimum Gasteiger partial charge on any atom is -0.496 e. The second kappa shape index (κ2) is 9.41. The molecule has 6 heteroatoms. The number of methoxy groups -OCH3 is 1. The lowest BCUT2D eigenvalue weighted by Gasteiger charge is -2.11.